The number of rotatable bonds is 4. The SMILES string of the molecule is COC(=O)C(C)CN(C)c1nn(C)c(=O)n(C)c1=O. The van der Waals surface area contributed by atoms with Crippen LogP contribution in [0.15, 0.2) is 9.59 Å². The van der Waals surface area contributed by atoms with Gasteiger partial charge in [-0.2, -0.15) is 0 Å². The van der Waals surface area contributed by atoms with E-state index >= 15 is 0 Å². The molecule has 1 aromatic rings. The molecule has 0 aliphatic carbocycles. The molecule has 19 heavy (non-hydrogen) atoms. The Balaban J connectivity index is 3.08. The highest BCUT2D eigenvalue weighted by atomic mass is 16.5. The van der Waals surface area contributed by atoms with E-state index in [1.54, 1.807) is 14.0 Å². The Morgan fingerprint density at radius 3 is 2.53 bits per heavy atom. The summed E-state index contributed by atoms with van der Waals surface area (Å²) >= 11 is 0. The Labute approximate surface area is 110 Å². The van der Waals surface area contributed by atoms with E-state index in [9.17, 15) is 14.4 Å². The van der Waals surface area contributed by atoms with Crippen molar-refractivity contribution in [3.05, 3.63) is 20.8 Å². The molecule has 0 fully saturated rings. The summed E-state index contributed by atoms with van der Waals surface area (Å²) in [6, 6.07) is 0. The zero-order chi connectivity index (χ0) is 14.7. The summed E-state index contributed by atoms with van der Waals surface area (Å²) in [6.45, 7) is 1.96. The van der Waals surface area contributed by atoms with Gasteiger partial charge in [0.2, 0.25) is 5.82 Å². The van der Waals surface area contributed by atoms with E-state index in [-0.39, 0.29) is 18.3 Å². The van der Waals surface area contributed by atoms with Gasteiger partial charge in [0.25, 0.3) is 5.56 Å². The van der Waals surface area contributed by atoms with Crippen LogP contribution in [0.3, 0.4) is 0 Å². The van der Waals surface area contributed by atoms with E-state index in [1.807, 2.05) is 0 Å². The molecule has 0 aliphatic rings. The maximum atomic E-state index is 11.9. The highest BCUT2D eigenvalue weighted by Gasteiger charge is 2.19. The molecule has 0 bridgehead atoms. The minimum absolute atomic E-state index is 0.111. The Hall–Kier alpha value is -2.12. The molecule has 1 unspecified atom stereocenters. The standard InChI is InChI=1S/C11H18N4O4/c1-7(10(17)19-5)6-13(2)8-9(16)14(3)11(18)15(4)12-8/h7H,6H2,1-5H3. The number of hydrogen-bond donors (Lipinski definition) is 0. The van der Waals surface area contributed by atoms with Crippen molar-refractivity contribution in [3.63, 3.8) is 0 Å². The smallest absolute Gasteiger partial charge is 0.346 e. The summed E-state index contributed by atoms with van der Waals surface area (Å²) < 4.78 is 6.67. The zero-order valence-electron chi connectivity index (χ0n) is 11.7. The van der Waals surface area contributed by atoms with E-state index in [2.05, 4.69) is 9.84 Å². The van der Waals surface area contributed by atoms with Crippen LogP contribution in [0.5, 0.6) is 0 Å². The summed E-state index contributed by atoms with van der Waals surface area (Å²) in [5, 5.41) is 3.92. The number of carbonyl (C=O) groups is 1. The molecule has 106 valence electrons. The molecule has 0 radical (unpaired) electrons. The summed E-state index contributed by atoms with van der Waals surface area (Å²) in [4.78, 5) is 36.3. The summed E-state index contributed by atoms with van der Waals surface area (Å²) in [5.41, 5.74) is -0.995. The first kappa shape index (κ1) is 14.9. The van der Waals surface area contributed by atoms with Crippen LogP contribution in [0.25, 0.3) is 0 Å². The molecule has 8 heteroatoms. The number of anilines is 1. The Morgan fingerprint density at radius 1 is 1.42 bits per heavy atom. The van der Waals surface area contributed by atoms with Crippen molar-refractivity contribution < 1.29 is 9.53 Å². The van der Waals surface area contributed by atoms with E-state index in [1.165, 1.54) is 26.1 Å². The van der Waals surface area contributed by atoms with Gasteiger partial charge in [-0.15, -0.1) is 5.10 Å². The molecule has 1 atom stereocenters. The predicted octanol–water partition coefficient (Wildman–Crippen LogP) is -1.28. The molecule has 8 nitrogen and oxygen atoms in total. The number of nitrogens with zero attached hydrogens (tertiary/aromatic N) is 4. The first-order valence-corrected chi connectivity index (χ1v) is 5.72. The predicted molar refractivity (Wildman–Crippen MR) is 69.2 cm³/mol. The first-order valence-electron chi connectivity index (χ1n) is 5.72. The number of ether oxygens (including phenoxy) is 1. The lowest BCUT2D eigenvalue weighted by atomic mass is 10.2. The fraction of sp³-hybridized carbons (Fsp3) is 0.636. The van der Waals surface area contributed by atoms with Gasteiger partial charge in [-0.25, -0.2) is 9.48 Å². The quantitative estimate of drug-likeness (QED) is 0.634. The summed E-state index contributed by atoms with van der Waals surface area (Å²) in [5.74, 6) is -0.660. The van der Waals surface area contributed by atoms with Gasteiger partial charge in [0.1, 0.15) is 0 Å². The van der Waals surface area contributed by atoms with Gasteiger partial charge >= 0.3 is 11.7 Å². The van der Waals surface area contributed by atoms with Gasteiger partial charge in [0.05, 0.1) is 13.0 Å². The second kappa shape index (κ2) is 5.68. The van der Waals surface area contributed by atoms with Crippen molar-refractivity contribution in [3.8, 4) is 0 Å². The highest BCUT2D eigenvalue weighted by molar-refractivity contribution is 5.72. The molecule has 0 saturated carbocycles. The number of methoxy groups -OCH3 is 1. The molecule has 0 amide bonds. The lowest BCUT2D eigenvalue weighted by molar-refractivity contribution is -0.144. The van der Waals surface area contributed by atoms with Crippen molar-refractivity contribution in [1.82, 2.24) is 14.3 Å². The molecule has 0 spiro atoms. The molecular formula is C11H18N4O4. The normalized spacial score (nSPS) is 12.1. The fourth-order valence-corrected chi connectivity index (χ4v) is 1.69. The number of hydrogen-bond acceptors (Lipinski definition) is 6. The van der Waals surface area contributed by atoms with Crippen LogP contribution in [-0.2, 0) is 23.6 Å². The van der Waals surface area contributed by atoms with Crippen molar-refractivity contribution in [2.24, 2.45) is 20.0 Å². The van der Waals surface area contributed by atoms with E-state index in [4.69, 9.17) is 0 Å². The van der Waals surface area contributed by atoms with Crippen molar-refractivity contribution in [1.29, 1.82) is 0 Å². The van der Waals surface area contributed by atoms with Gasteiger partial charge < -0.3 is 9.64 Å². The van der Waals surface area contributed by atoms with Crippen LogP contribution in [0, 0.1) is 5.92 Å². The van der Waals surface area contributed by atoms with E-state index in [0.717, 1.165) is 9.25 Å². The largest absolute Gasteiger partial charge is 0.469 e. The molecular weight excluding hydrogens is 252 g/mol. The Kier molecular flexibility index (Phi) is 4.47. The van der Waals surface area contributed by atoms with Crippen LogP contribution in [-0.4, -0.2) is 41.0 Å². The maximum Gasteiger partial charge on any atom is 0.346 e. The number of aromatic nitrogens is 3. The van der Waals surface area contributed by atoms with Gasteiger partial charge in [0, 0.05) is 27.7 Å². The molecule has 1 rings (SSSR count). The molecule has 0 saturated heterocycles. The number of esters is 1. The summed E-state index contributed by atoms with van der Waals surface area (Å²) in [7, 11) is 5.78. The van der Waals surface area contributed by atoms with Crippen LogP contribution >= 0.6 is 0 Å². The Morgan fingerprint density at radius 2 is 2.00 bits per heavy atom. The average Bonchev–Trinajstić information content (AvgIpc) is 2.39. The maximum absolute atomic E-state index is 11.9. The minimum Gasteiger partial charge on any atom is -0.469 e. The van der Waals surface area contributed by atoms with Crippen LogP contribution in [0.2, 0.25) is 0 Å². The van der Waals surface area contributed by atoms with Crippen molar-refractivity contribution in [2.45, 2.75) is 6.92 Å². The molecule has 0 N–H and O–H groups in total. The monoisotopic (exact) mass is 270 g/mol. The number of carbonyl (C=O) groups excluding carboxylic acids is 1. The lowest BCUT2D eigenvalue weighted by Crippen LogP contribution is -2.43. The summed E-state index contributed by atoms with van der Waals surface area (Å²) in [6.07, 6.45) is 0. The topological polar surface area (TPSA) is 86.4 Å². The molecule has 0 aromatic carbocycles. The zero-order valence-corrected chi connectivity index (χ0v) is 11.7. The van der Waals surface area contributed by atoms with Crippen molar-refractivity contribution in [2.75, 3.05) is 25.6 Å². The lowest BCUT2D eigenvalue weighted by Gasteiger charge is -2.20. The van der Waals surface area contributed by atoms with Crippen LogP contribution in [0.4, 0.5) is 5.82 Å². The first-order chi connectivity index (χ1) is 8.79. The van der Waals surface area contributed by atoms with Crippen molar-refractivity contribution >= 4 is 11.8 Å². The van der Waals surface area contributed by atoms with Gasteiger partial charge in [-0.3, -0.25) is 14.2 Å². The third kappa shape index (κ3) is 3.01. The van der Waals surface area contributed by atoms with E-state index < -0.39 is 17.2 Å². The van der Waals surface area contributed by atoms with Crippen LogP contribution < -0.4 is 16.1 Å². The van der Waals surface area contributed by atoms with Crippen LogP contribution in [0.1, 0.15) is 6.92 Å². The second-order valence-electron chi connectivity index (χ2n) is 4.40. The molecule has 0 aliphatic heterocycles. The molecule has 1 aromatic heterocycles. The third-order valence-electron chi connectivity index (χ3n) is 2.82. The highest BCUT2D eigenvalue weighted by Crippen LogP contribution is 2.05. The number of aryl methyl sites for hydroxylation is 1. The Bertz CT molecular complexity index is 589. The molecule has 1 heterocycles. The van der Waals surface area contributed by atoms with Gasteiger partial charge in [-0.05, 0) is 0 Å². The van der Waals surface area contributed by atoms with Gasteiger partial charge in [-0.1, -0.05) is 6.92 Å². The second-order valence-corrected chi connectivity index (χ2v) is 4.40. The van der Waals surface area contributed by atoms with Gasteiger partial charge in [0.15, 0.2) is 0 Å². The third-order valence-corrected chi connectivity index (χ3v) is 2.82. The van der Waals surface area contributed by atoms with E-state index in [0.29, 0.717) is 0 Å². The minimum atomic E-state index is -0.498. The average molecular weight is 270 g/mol. The fourth-order valence-electron chi connectivity index (χ4n) is 1.69.